The third kappa shape index (κ3) is 4.41. The Morgan fingerprint density at radius 1 is 1.09 bits per heavy atom. The molecule has 2 atom stereocenters. The van der Waals surface area contributed by atoms with Crippen LogP contribution in [0.4, 0.5) is 0 Å². The Morgan fingerprint density at radius 2 is 1.82 bits per heavy atom. The van der Waals surface area contributed by atoms with Gasteiger partial charge in [0.25, 0.3) is 5.91 Å². The summed E-state index contributed by atoms with van der Waals surface area (Å²) in [6, 6.07) is 5.35. The molecule has 4 rings (SSSR count). The van der Waals surface area contributed by atoms with Crippen molar-refractivity contribution >= 4 is 17.5 Å². The molecule has 2 unspecified atom stereocenters. The highest BCUT2D eigenvalue weighted by Gasteiger charge is 2.49. The van der Waals surface area contributed by atoms with Gasteiger partial charge < -0.3 is 20.5 Å². The summed E-state index contributed by atoms with van der Waals surface area (Å²) < 4.78 is 11.0. The van der Waals surface area contributed by atoms with Gasteiger partial charge in [-0.05, 0) is 34.9 Å². The lowest BCUT2D eigenvalue weighted by molar-refractivity contribution is -0.125. The Morgan fingerprint density at radius 3 is 2.48 bits per heavy atom. The average molecular weight is 453 g/mol. The van der Waals surface area contributed by atoms with E-state index in [9.17, 15) is 14.4 Å². The van der Waals surface area contributed by atoms with E-state index in [1.807, 2.05) is 6.07 Å². The predicted octanol–water partition coefficient (Wildman–Crippen LogP) is 3.39. The van der Waals surface area contributed by atoms with E-state index in [0.29, 0.717) is 29.9 Å². The van der Waals surface area contributed by atoms with Crippen LogP contribution in [0.3, 0.4) is 0 Å². The van der Waals surface area contributed by atoms with Crippen LogP contribution in [0.15, 0.2) is 41.2 Å². The van der Waals surface area contributed by atoms with Crippen LogP contribution in [-0.2, 0) is 14.4 Å². The van der Waals surface area contributed by atoms with Crippen molar-refractivity contribution in [2.45, 2.75) is 52.9 Å². The zero-order valence-corrected chi connectivity index (χ0v) is 19.9. The van der Waals surface area contributed by atoms with Gasteiger partial charge in [0.1, 0.15) is 5.78 Å². The number of hydrogen-bond acceptors (Lipinski definition) is 6. The van der Waals surface area contributed by atoms with Crippen molar-refractivity contribution in [3.63, 3.8) is 0 Å². The van der Waals surface area contributed by atoms with E-state index in [-0.39, 0.29) is 29.0 Å². The normalized spacial score (nSPS) is 25.4. The molecule has 0 saturated heterocycles. The number of benzene rings is 1. The number of methoxy groups -OCH3 is 1. The second kappa shape index (κ2) is 8.04. The number of carbonyl (C=O) groups excluding carboxylic acids is 3. The summed E-state index contributed by atoms with van der Waals surface area (Å²) in [6.07, 6.45) is 3.73. The number of rotatable bonds is 5. The Hall–Kier alpha value is -3.09. The first kappa shape index (κ1) is 23.1. The summed E-state index contributed by atoms with van der Waals surface area (Å²) in [5.41, 5.74) is 8.07. The molecule has 1 aromatic carbocycles. The molecule has 7 heteroatoms. The van der Waals surface area contributed by atoms with Crippen LogP contribution >= 0.6 is 0 Å². The molecule has 1 amide bonds. The van der Waals surface area contributed by atoms with Crippen molar-refractivity contribution in [3.8, 4) is 11.5 Å². The standard InChI is InChI=1S/C26H32N2O5/c1-25(2)9-15-23(17(29)11-25)22(24-16(28-15)10-26(3,4)12-18(24)30)14-6-7-19(20(8-14)32-5)33-13-21(27)31/h6-9,22-23,28H,10-13H2,1-5H3,(H2,27,31). The van der Waals surface area contributed by atoms with Crippen molar-refractivity contribution in [1.82, 2.24) is 5.32 Å². The average Bonchev–Trinajstić information content (AvgIpc) is 2.68. The highest BCUT2D eigenvalue weighted by atomic mass is 16.5. The Balaban J connectivity index is 1.86. The molecular formula is C26H32N2O5. The minimum Gasteiger partial charge on any atom is -0.493 e. The zero-order valence-electron chi connectivity index (χ0n) is 19.9. The van der Waals surface area contributed by atoms with E-state index in [2.05, 4.69) is 39.1 Å². The van der Waals surface area contributed by atoms with Crippen molar-refractivity contribution in [2.24, 2.45) is 22.5 Å². The van der Waals surface area contributed by atoms with Gasteiger partial charge >= 0.3 is 0 Å². The monoisotopic (exact) mass is 452 g/mol. The fourth-order valence-electron chi connectivity index (χ4n) is 5.43. The number of nitrogens with one attached hydrogen (secondary N) is 1. The van der Waals surface area contributed by atoms with Crippen LogP contribution < -0.4 is 20.5 Å². The van der Waals surface area contributed by atoms with Crippen LogP contribution in [0.2, 0.25) is 0 Å². The largest absolute Gasteiger partial charge is 0.493 e. The van der Waals surface area contributed by atoms with E-state index in [0.717, 1.165) is 23.4 Å². The van der Waals surface area contributed by atoms with E-state index >= 15 is 0 Å². The Labute approximate surface area is 194 Å². The maximum Gasteiger partial charge on any atom is 0.255 e. The SMILES string of the molecule is COc1cc(C2C3=C(CC(C)(C)CC3=O)NC3=CC(C)(C)CC(=O)C32)ccc1OCC(N)=O. The Kier molecular flexibility index (Phi) is 5.63. The summed E-state index contributed by atoms with van der Waals surface area (Å²) in [4.78, 5) is 38.0. The lowest BCUT2D eigenvalue weighted by Gasteiger charge is -2.45. The van der Waals surface area contributed by atoms with E-state index in [1.54, 1.807) is 12.1 Å². The molecule has 1 aromatic rings. The lowest BCUT2D eigenvalue weighted by Crippen LogP contribution is -2.46. The summed E-state index contributed by atoms with van der Waals surface area (Å²) in [6.45, 7) is 8.03. The summed E-state index contributed by atoms with van der Waals surface area (Å²) in [5, 5.41) is 3.49. The second-order valence-electron chi connectivity index (χ2n) is 10.8. The number of Topliss-reactive ketones (excluding diaryl/α,β-unsaturated/α-hetero) is 2. The van der Waals surface area contributed by atoms with E-state index in [1.165, 1.54) is 7.11 Å². The predicted molar refractivity (Wildman–Crippen MR) is 124 cm³/mol. The highest BCUT2D eigenvalue weighted by molar-refractivity contribution is 6.01. The first-order valence-electron chi connectivity index (χ1n) is 11.3. The molecular weight excluding hydrogens is 420 g/mol. The molecule has 2 aliphatic carbocycles. The van der Waals surface area contributed by atoms with Crippen LogP contribution in [0, 0.1) is 16.7 Å². The van der Waals surface area contributed by atoms with Crippen molar-refractivity contribution in [2.75, 3.05) is 13.7 Å². The molecule has 0 saturated carbocycles. The van der Waals surface area contributed by atoms with Crippen LogP contribution in [0.1, 0.15) is 58.4 Å². The van der Waals surface area contributed by atoms with Crippen molar-refractivity contribution in [3.05, 3.63) is 46.8 Å². The van der Waals surface area contributed by atoms with Gasteiger partial charge in [0.15, 0.2) is 23.9 Å². The second-order valence-corrected chi connectivity index (χ2v) is 10.8. The molecule has 0 bridgehead atoms. The molecule has 1 aliphatic heterocycles. The number of fused-ring (bicyclic) bond motifs is 1. The minimum atomic E-state index is -0.588. The Bertz CT molecular complexity index is 1100. The quantitative estimate of drug-likeness (QED) is 0.709. The maximum atomic E-state index is 13.4. The van der Waals surface area contributed by atoms with Gasteiger partial charge in [0, 0.05) is 35.7 Å². The molecule has 0 spiro atoms. The smallest absolute Gasteiger partial charge is 0.255 e. The fourth-order valence-corrected chi connectivity index (χ4v) is 5.43. The number of carbonyl (C=O) groups is 3. The summed E-state index contributed by atoms with van der Waals surface area (Å²) in [7, 11) is 1.51. The van der Waals surface area contributed by atoms with Crippen molar-refractivity contribution < 1.29 is 23.9 Å². The molecule has 33 heavy (non-hydrogen) atoms. The molecule has 3 aliphatic rings. The number of ketones is 2. The zero-order chi connectivity index (χ0) is 24.1. The molecule has 7 nitrogen and oxygen atoms in total. The van der Waals surface area contributed by atoms with Gasteiger partial charge in [-0.15, -0.1) is 0 Å². The summed E-state index contributed by atoms with van der Waals surface area (Å²) in [5.74, 6) is -0.452. The minimum absolute atomic E-state index is 0.0726. The third-order valence-electron chi connectivity index (χ3n) is 6.63. The van der Waals surface area contributed by atoms with Crippen LogP contribution in [-0.4, -0.2) is 31.2 Å². The first-order chi connectivity index (χ1) is 15.4. The number of nitrogens with two attached hydrogens (primary N) is 1. The number of ether oxygens (including phenoxy) is 2. The van der Waals surface area contributed by atoms with Gasteiger partial charge in [-0.3, -0.25) is 14.4 Å². The van der Waals surface area contributed by atoms with Gasteiger partial charge in [-0.2, -0.15) is 0 Å². The van der Waals surface area contributed by atoms with Gasteiger partial charge in [-0.25, -0.2) is 0 Å². The first-order valence-corrected chi connectivity index (χ1v) is 11.3. The number of amides is 1. The lowest BCUT2D eigenvalue weighted by atomic mass is 9.62. The van der Waals surface area contributed by atoms with Gasteiger partial charge in [-0.1, -0.05) is 39.8 Å². The summed E-state index contributed by atoms with van der Waals surface area (Å²) >= 11 is 0. The number of primary amides is 1. The number of hydrogen-bond donors (Lipinski definition) is 2. The van der Waals surface area contributed by atoms with Crippen molar-refractivity contribution in [1.29, 1.82) is 0 Å². The van der Waals surface area contributed by atoms with E-state index in [4.69, 9.17) is 15.2 Å². The third-order valence-corrected chi connectivity index (χ3v) is 6.63. The molecule has 0 radical (unpaired) electrons. The number of allylic oxidation sites excluding steroid dienone is 4. The highest BCUT2D eigenvalue weighted by Crippen LogP contribution is 2.52. The topological polar surface area (TPSA) is 108 Å². The van der Waals surface area contributed by atoms with Gasteiger partial charge in [0.05, 0.1) is 13.0 Å². The molecule has 176 valence electrons. The molecule has 0 aromatic heterocycles. The molecule has 3 N–H and O–H groups in total. The van der Waals surface area contributed by atoms with Crippen LogP contribution in [0.5, 0.6) is 11.5 Å². The maximum absolute atomic E-state index is 13.4. The molecule has 0 fully saturated rings. The molecule has 1 heterocycles. The fraction of sp³-hybridized carbons (Fsp3) is 0.500. The van der Waals surface area contributed by atoms with Crippen LogP contribution in [0.25, 0.3) is 0 Å². The van der Waals surface area contributed by atoms with E-state index < -0.39 is 17.7 Å². The van der Waals surface area contributed by atoms with Gasteiger partial charge in [0.2, 0.25) is 0 Å².